The van der Waals surface area contributed by atoms with Crippen molar-refractivity contribution >= 4 is 28.5 Å². The van der Waals surface area contributed by atoms with E-state index in [1.807, 2.05) is 0 Å². The fraction of sp³-hybridized carbons (Fsp3) is 0.222. The zero-order chi connectivity index (χ0) is 11.8. The van der Waals surface area contributed by atoms with Crippen LogP contribution in [0.25, 0.3) is 11.0 Å². The zero-order valence-electron chi connectivity index (χ0n) is 8.85. The van der Waals surface area contributed by atoms with E-state index in [1.165, 1.54) is 0 Å². The van der Waals surface area contributed by atoms with E-state index in [4.69, 9.17) is 21.4 Å². The molecule has 0 aliphatic carbocycles. The fourth-order valence-electron chi connectivity index (χ4n) is 1.52. The van der Waals surface area contributed by atoms with Crippen molar-refractivity contribution in [3.63, 3.8) is 0 Å². The van der Waals surface area contributed by atoms with E-state index in [-0.39, 0.29) is 5.28 Å². The number of hydrogen-bond acceptors (Lipinski definition) is 6. The molecule has 3 rings (SSSR count). The van der Waals surface area contributed by atoms with Gasteiger partial charge in [0.2, 0.25) is 11.2 Å². The van der Waals surface area contributed by atoms with Crippen molar-refractivity contribution in [2.24, 2.45) is 7.05 Å². The van der Waals surface area contributed by atoms with Gasteiger partial charge in [0.25, 0.3) is 0 Å². The van der Waals surface area contributed by atoms with E-state index >= 15 is 0 Å². The first kappa shape index (κ1) is 10.3. The highest BCUT2D eigenvalue weighted by Crippen LogP contribution is 2.23. The maximum absolute atomic E-state index is 5.84. The number of nitrogens with one attached hydrogen (secondary N) is 1. The number of anilines is 1. The summed E-state index contributed by atoms with van der Waals surface area (Å²) < 4.78 is 1.62. The molecule has 1 aliphatic heterocycles. The molecule has 0 amide bonds. The predicted octanol–water partition coefficient (Wildman–Crippen LogP) is 1.23. The monoisotopic (exact) mass is 253 g/mol. The molecule has 1 aliphatic rings. The summed E-state index contributed by atoms with van der Waals surface area (Å²) in [6.07, 6.45) is 3.41. The molecule has 0 spiro atoms. The van der Waals surface area contributed by atoms with Crippen LogP contribution < -0.4 is 5.32 Å². The van der Waals surface area contributed by atoms with Gasteiger partial charge in [-0.05, 0) is 11.6 Å². The van der Waals surface area contributed by atoms with Gasteiger partial charge in [0.05, 0.1) is 11.6 Å². The third kappa shape index (κ3) is 1.79. The smallest absolute Gasteiger partial charge is 0.234 e. The number of halogens is 1. The maximum Gasteiger partial charge on any atom is 0.234 e. The third-order valence-corrected chi connectivity index (χ3v) is 2.46. The lowest BCUT2D eigenvalue weighted by Gasteiger charge is -2.06. The molecule has 0 bridgehead atoms. The first-order valence-electron chi connectivity index (χ1n) is 4.86. The van der Waals surface area contributed by atoms with Crippen LogP contribution in [0.3, 0.4) is 0 Å². The van der Waals surface area contributed by atoms with Crippen LogP contribution >= 0.6 is 11.6 Å². The van der Waals surface area contributed by atoms with Gasteiger partial charge in [-0.2, -0.15) is 20.0 Å². The lowest BCUT2D eigenvalue weighted by Crippen LogP contribution is -2.03. The molecular formula is C9H8ClN5O2. The quantitative estimate of drug-likeness (QED) is 0.641. The van der Waals surface area contributed by atoms with Gasteiger partial charge in [-0.25, -0.2) is 0 Å². The average molecular weight is 254 g/mol. The van der Waals surface area contributed by atoms with Crippen LogP contribution in [0.5, 0.6) is 0 Å². The number of aromatic nitrogens is 4. The standard InChI is InChI=1S/C9H8ClN5O2/c1-15-8-5(4-11-15)7(13-9(10)14-8)12-6-2-3-16-17-6/h2,4H,3H2,1H3,(H,12,13,14). The molecule has 7 nitrogen and oxygen atoms in total. The third-order valence-electron chi connectivity index (χ3n) is 2.29. The van der Waals surface area contributed by atoms with Crippen molar-refractivity contribution in [1.29, 1.82) is 0 Å². The van der Waals surface area contributed by atoms with Crippen LogP contribution in [-0.4, -0.2) is 26.4 Å². The lowest BCUT2D eigenvalue weighted by atomic mass is 10.4. The average Bonchev–Trinajstić information content (AvgIpc) is 2.90. The van der Waals surface area contributed by atoms with Crippen LogP contribution in [0.15, 0.2) is 18.2 Å². The molecule has 8 heteroatoms. The molecule has 1 N–H and O–H groups in total. The van der Waals surface area contributed by atoms with Crippen LogP contribution in [0.1, 0.15) is 0 Å². The molecule has 0 radical (unpaired) electrons. The normalized spacial score (nSPS) is 14.8. The highest BCUT2D eigenvalue weighted by Gasteiger charge is 2.14. The fourth-order valence-corrected chi connectivity index (χ4v) is 1.69. The highest BCUT2D eigenvalue weighted by atomic mass is 35.5. The topological polar surface area (TPSA) is 74.1 Å². The summed E-state index contributed by atoms with van der Waals surface area (Å²) in [5.74, 6) is 1.01. The van der Waals surface area contributed by atoms with Crippen molar-refractivity contribution < 1.29 is 9.78 Å². The highest BCUT2D eigenvalue weighted by molar-refractivity contribution is 6.28. The van der Waals surface area contributed by atoms with Crippen molar-refractivity contribution in [3.8, 4) is 0 Å². The first-order valence-corrected chi connectivity index (χ1v) is 5.24. The summed E-state index contributed by atoms with van der Waals surface area (Å²) in [6, 6.07) is 0. The van der Waals surface area contributed by atoms with E-state index in [9.17, 15) is 0 Å². The number of nitrogens with zero attached hydrogens (tertiary/aromatic N) is 4. The number of hydrogen-bond donors (Lipinski definition) is 1. The van der Waals surface area contributed by atoms with Gasteiger partial charge in [-0.1, -0.05) is 0 Å². The van der Waals surface area contributed by atoms with Gasteiger partial charge < -0.3 is 10.2 Å². The molecule has 88 valence electrons. The summed E-state index contributed by atoms with van der Waals surface area (Å²) in [4.78, 5) is 17.8. The van der Waals surface area contributed by atoms with Crippen molar-refractivity contribution in [2.75, 3.05) is 11.9 Å². The van der Waals surface area contributed by atoms with E-state index in [0.29, 0.717) is 24.0 Å². The van der Waals surface area contributed by atoms with E-state index < -0.39 is 0 Å². The Morgan fingerprint density at radius 1 is 1.47 bits per heavy atom. The summed E-state index contributed by atoms with van der Waals surface area (Å²) >= 11 is 5.84. The molecule has 2 aromatic rings. The van der Waals surface area contributed by atoms with E-state index in [1.54, 1.807) is 24.0 Å². The first-order chi connectivity index (χ1) is 8.24. The molecule has 0 aromatic carbocycles. The van der Waals surface area contributed by atoms with Gasteiger partial charge in [0, 0.05) is 13.1 Å². The second-order valence-corrected chi connectivity index (χ2v) is 3.75. The Balaban J connectivity index is 2.08. The lowest BCUT2D eigenvalue weighted by molar-refractivity contribution is -0.232. The molecule has 0 saturated carbocycles. The predicted molar refractivity (Wildman–Crippen MR) is 60.1 cm³/mol. The molecule has 3 heterocycles. The molecule has 2 aromatic heterocycles. The maximum atomic E-state index is 5.84. The van der Waals surface area contributed by atoms with Crippen LogP contribution in [0, 0.1) is 0 Å². The summed E-state index contributed by atoms with van der Waals surface area (Å²) in [7, 11) is 1.78. The number of rotatable bonds is 2. The largest absolute Gasteiger partial charge is 0.319 e. The van der Waals surface area contributed by atoms with Crippen LogP contribution in [-0.2, 0) is 16.8 Å². The summed E-state index contributed by atoms with van der Waals surface area (Å²) in [6.45, 7) is 0.400. The molecular weight excluding hydrogens is 246 g/mol. The van der Waals surface area contributed by atoms with Crippen molar-refractivity contribution in [3.05, 3.63) is 23.4 Å². The minimum Gasteiger partial charge on any atom is -0.319 e. The minimum atomic E-state index is 0.142. The Morgan fingerprint density at radius 3 is 3.12 bits per heavy atom. The molecule has 0 fully saturated rings. The molecule has 17 heavy (non-hydrogen) atoms. The Hall–Kier alpha value is -1.86. The zero-order valence-corrected chi connectivity index (χ0v) is 9.60. The van der Waals surface area contributed by atoms with Crippen LogP contribution in [0.2, 0.25) is 5.28 Å². The number of fused-ring (bicyclic) bond motifs is 1. The Morgan fingerprint density at radius 2 is 2.35 bits per heavy atom. The Bertz CT molecular complexity index is 609. The second kappa shape index (κ2) is 3.86. The summed E-state index contributed by atoms with van der Waals surface area (Å²) in [5.41, 5.74) is 0.645. The molecule has 0 atom stereocenters. The van der Waals surface area contributed by atoms with E-state index in [0.717, 1.165) is 5.39 Å². The number of aryl methyl sites for hydroxylation is 1. The van der Waals surface area contributed by atoms with Crippen molar-refractivity contribution in [1.82, 2.24) is 19.7 Å². The van der Waals surface area contributed by atoms with Gasteiger partial charge in [0.15, 0.2) is 5.65 Å². The van der Waals surface area contributed by atoms with Gasteiger partial charge >= 0.3 is 0 Å². The minimum absolute atomic E-state index is 0.142. The van der Waals surface area contributed by atoms with Gasteiger partial charge in [0.1, 0.15) is 12.4 Å². The van der Waals surface area contributed by atoms with Gasteiger partial charge in [-0.3, -0.25) is 4.68 Å². The van der Waals surface area contributed by atoms with Gasteiger partial charge in [-0.15, -0.1) is 0 Å². The molecule has 0 saturated heterocycles. The molecule has 0 unspecified atom stereocenters. The summed E-state index contributed by atoms with van der Waals surface area (Å²) in [5, 5.41) is 7.96. The Kier molecular flexibility index (Phi) is 2.34. The SMILES string of the molecule is Cn1ncc2c(NC3=CCOO3)nc(Cl)nc21. The van der Waals surface area contributed by atoms with Crippen LogP contribution in [0.4, 0.5) is 5.82 Å². The van der Waals surface area contributed by atoms with E-state index in [2.05, 4.69) is 20.4 Å². The van der Waals surface area contributed by atoms with Crippen molar-refractivity contribution in [2.45, 2.75) is 0 Å². The Labute approximate surface area is 101 Å². The second-order valence-electron chi connectivity index (χ2n) is 3.41.